The number of hydrogen-bond donors (Lipinski definition) is 1. The second-order valence-electron chi connectivity index (χ2n) is 5.30. The first kappa shape index (κ1) is 14.2. The average molecular weight is 281 g/mol. The Morgan fingerprint density at radius 3 is 2.84 bits per heavy atom. The first-order valence-electron chi connectivity index (χ1n) is 6.92. The maximum Gasteiger partial charge on any atom is 0.317 e. The number of rotatable bonds is 3. The molecule has 1 aromatic rings. The molecule has 1 heterocycles. The number of hydrogen-bond acceptors (Lipinski definition) is 1. The van der Waals surface area contributed by atoms with E-state index >= 15 is 0 Å². The number of carbonyl (C=O) groups excluding carboxylic acids is 1. The summed E-state index contributed by atoms with van der Waals surface area (Å²) in [4.78, 5) is 13.9. The lowest BCUT2D eigenvalue weighted by Gasteiger charge is -2.30. The van der Waals surface area contributed by atoms with E-state index in [1.165, 1.54) is 12.0 Å². The van der Waals surface area contributed by atoms with Crippen LogP contribution < -0.4 is 5.32 Å². The van der Waals surface area contributed by atoms with Crippen molar-refractivity contribution < 1.29 is 4.79 Å². The summed E-state index contributed by atoms with van der Waals surface area (Å²) in [6.45, 7) is 4.64. The molecule has 19 heavy (non-hydrogen) atoms. The smallest absolute Gasteiger partial charge is 0.317 e. The third-order valence-electron chi connectivity index (χ3n) is 3.55. The van der Waals surface area contributed by atoms with Crippen molar-refractivity contribution >= 4 is 17.6 Å². The topological polar surface area (TPSA) is 32.3 Å². The Morgan fingerprint density at radius 2 is 2.16 bits per heavy atom. The van der Waals surface area contributed by atoms with Gasteiger partial charge in [-0.15, -0.1) is 0 Å². The molecule has 2 amide bonds. The normalized spacial score (nSPS) is 19.3. The number of piperidine rings is 1. The quantitative estimate of drug-likeness (QED) is 0.905. The zero-order valence-corrected chi connectivity index (χ0v) is 12.1. The standard InChI is InChI=1S/C15H21ClN2O/c1-12-3-2-10-18(11-12)15(19)17-9-8-13-4-6-14(16)7-5-13/h4-7,12H,2-3,8-11H2,1H3,(H,17,19). The molecule has 4 heteroatoms. The van der Waals surface area contributed by atoms with E-state index in [2.05, 4.69) is 12.2 Å². The fourth-order valence-electron chi connectivity index (χ4n) is 2.45. The highest BCUT2D eigenvalue weighted by atomic mass is 35.5. The minimum Gasteiger partial charge on any atom is -0.338 e. The SMILES string of the molecule is CC1CCCN(C(=O)NCCc2ccc(Cl)cc2)C1. The Balaban J connectivity index is 1.73. The highest BCUT2D eigenvalue weighted by molar-refractivity contribution is 6.30. The van der Waals surface area contributed by atoms with Crippen molar-refractivity contribution in [1.82, 2.24) is 10.2 Å². The molecule has 1 aliphatic rings. The van der Waals surface area contributed by atoms with E-state index < -0.39 is 0 Å². The Morgan fingerprint density at radius 1 is 1.42 bits per heavy atom. The van der Waals surface area contributed by atoms with E-state index in [-0.39, 0.29) is 6.03 Å². The van der Waals surface area contributed by atoms with Crippen LogP contribution in [0.5, 0.6) is 0 Å². The van der Waals surface area contributed by atoms with Gasteiger partial charge in [0.05, 0.1) is 0 Å². The summed E-state index contributed by atoms with van der Waals surface area (Å²) >= 11 is 5.83. The van der Waals surface area contributed by atoms with Crippen LogP contribution in [0.25, 0.3) is 0 Å². The molecule has 1 N–H and O–H groups in total. The third-order valence-corrected chi connectivity index (χ3v) is 3.80. The Bertz CT molecular complexity index is 419. The molecule has 1 aliphatic heterocycles. The molecule has 0 aromatic heterocycles. The molecule has 0 radical (unpaired) electrons. The van der Waals surface area contributed by atoms with Gasteiger partial charge in [0.15, 0.2) is 0 Å². The van der Waals surface area contributed by atoms with E-state index in [0.29, 0.717) is 12.5 Å². The van der Waals surface area contributed by atoms with Crippen molar-refractivity contribution in [2.45, 2.75) is 26.2 Å². The number of amides is 2. The fourth-order valence-corrected chi connectivity index (χ4v) is 2.58. The predicted octanol–water partition coefficient (Wildman–Crippen LogP) is 3.32. The monoisotopic (exact) mass is 280 g/mol. The Labute approximate surface area is 119 Å². The van der Waals surface area contributed by atoms with Gasteiger partial charge in [-0.05, 0) is 42.9 Å². The number of benzene rings is 1. The Hall–Kier alpha value is -1.22. The molecule has 104 valence electrons. The lowest BCUT2D eigenvalue weighted by molar-refractivity contribution is 0.170. The van der Waals surface area contributed by atoms with E-state index in [4.69, 9.17) is 11.6 Å². The second kappa shape index (κ2) is 6.80. The maximum absolute atomic E-state index is 12.0. The predicted molar refractivity (Wildman–Crippen MR) is 78.5 cm³/mol. The highest BCUT2D eigenvalue weighted by Crippen LogP contribution is 2.15. The number of halogens is 1. The van der Waals surface area contributed by atoms with Gasteiger partial charge in [-0.2, -0.15) is 0 Å². The lowest BCUT2D eigenvalue weighted by Crippen LogP contribution is -2.45. The van der Waals surface area contributed by atoms with Gasteiger partial charge >= 0.3 is 6.03 Å². The molecule has 1 unspecified atom stereocenters. The van der Waals surface area contributed by atoms with Crippen LogP contribution in [-0.4, -0.2) is 30.6 Å². The average Bonchev–Trinajstić information content (AvgIpc) is 2.41. The molecule has 0 bridgehead atoms. The van der Waals surface area contributed by atoms with E-state index in [9.17, 15) is 4.79 Å². The fraction of sp³-hybridized carbons (Fsp3) is 0.533. The molecule has 2 rings (SSSR count). The van der Waals surface area contributed by atoms with E-state index in [1.54, 1.807) is 0 Å². The summed E-state index contributed by atoms with van der Waals surface area (Å²) in [6, 6.07) is 7.82. The second-order valence-corrected chi connectivity index (χ2v) is 5.74. The summed E-state index contributed by atoms with van der Waals surface area (Å²) in [5.74, 6) is 0.621. The van der Waals surface area contributed by atoms with Gasteiger partial charge in [0.1, 0.15) is 0 Å². The summed E-state index contributed by atoms with van der Waals surface area (Å²) < 4.78 is 0. The van der Waals surface area contributed by atoms with Crippen molar-refractivity contribution in [1.29, 1.82) is 0 Å². The van der Waals surface area contributed by atoms with Crippen LogP contribution in [-0.2, 0) is 6.42 Å². The highest BCUT2D eigenvalue weighted by Gasteiger charge is 2.20. The van der Waals surface area contributed by atoms with Crippen LogP contribution in [0.3, 0.4) is 0 Å². The van der Waals surface area contributed by atoms with Crippen LogP contribution in [0.1, 0.15) is 25.3 Å². The molecule has 0 spiro atoms. The summed E-state index contributed by atoms with van der Waals surface area (Å²) in [7, 11) is 0. The molecule has 1 saturated heterocycles. The van der Waals surface area contributed by atoms with Crippen molar-refractivity contribution in [3.8, 4) is 0 Å². The number of carbonyl (C=O) groups is 1. The van der Waals surface area contributed by atoms with Crippen molar-refractivity contribution in [2.24, 2.45) is 5.92 Å². The molecule has 1 fully saturated rings. The molecule has 0 saturated carbocycles. The zero-order chi connectivity index (χ0) is 13.7. The molecular weight excluding hydrogens is 260 g/mol. The van der Waals surface area contributed by atoms with Crippen LogP contribution in [0.2, 0.25) is 5.02 Å². The molecule has 1 aromatic carbocycles. The van der Waals surface area contributed by atoms with Crippen molar-refractivity contribution in [3.63, 3.8) is 0 Å². The van der Waals surface area contributed by atoms with E-state index in [1.807, 2.05) is 29.2 Å². The van der Waals surface area contributed by atoms with Gasteiger partial charge in [-0.1, -0.05) is 30.7 Å². The van der Waals surface area contributed by atoms with Crippen LogP contribution >= 0.6 is 11.6 Å². The molecule has 1 atom stereocenters. The molecule has 3 nitrogen and oxygen atoms in total. The zero-order valence-electron chi connectivity index (χ0n) is 11.4. The van der Waals surface area contributed by atoms with Gasteiger partial charge in [0, 0.05) is 24.7 Å². The van der Waals surface area contributed by atoms with Gasteiger partial charge in [-0.25, -0.2) is 4.79 Å². The lowest BCUT2D eigenvalue weighted by atomic mass is 10.0. The maximum atomic E-state index is 12.0. The minimum absolute atomic E-state index is 0.0699. The largest absolute Gasteiger partial charge is 0.338 e. The Kier molecular flexibility index (Phi) is 5.08. The van der Waals surface area contributed by atoms with Gasteiger partial charge < -0.3 is 10.2 Å². The molecular formula is C15H21ClN2O. The van der Waals surface area contributed by atoms with Gasteiger partial charge in [0.2, 0.25) is 0 Å². The first-order valence-corrected chi connectivity index (χ1v) is 7.30. The number of nitrogens with one attached hydrogen (secondary N) is 1. The van der Waals surface area contributed by atoms with Crippen LogP contribution in [0.4, 0.5) is 4.79 Å². The number of nitrogens with zero attached hydrogens (tertiary/aromatic N) is 1. The van der Waals surface area contributed by atoms with E-state index in [0.717, 1.165) is 31.0 Å². The van der Waals surface area contributed by atoms with Gasteiger partial charge in [0.25, 0.3) is 0 Å². The van der Waals surface area contributed by atoms with Crippen molar-refractivity contribution in [2.75, 3.05) is 19.6 Å². The summed E-state index contributed by atoms with van der Waals surface area (Å²) in [5, 5.41) is 3.74. The van der Waals surface area contributed by atoms with Crippen LogP contribution in [0.15, 0.2) is 24.3 Å². The molecule has 0 aliphatic carbocycles. The summed E-state index contributed by atoms with van der Waals surface area (Å²) in [5.41, 5.74) is 1.19. The van der Waals surface area contributed by atoms with Crippen LogP contribution in [0, 0.1) is 5.92 Å². The first-order chi connectivity index (χ1) is 9.15. The van der Waals surface area contributed by atoms with Crippen molar-refractivity contribution in [3.05, 3.63) is 34.9 Å². The third kappa shape index (κ3) is 4.43. The number of likely N-dealkylation sites (tertiary alicyclic amines) is 1. The number of urea groups is 1. The van der Waals surface area contributed by atoms with Gasteiger partial charge in [-0.3, -0.25) is 0 Å². The minimum atomic E-state index is 0.0699. The summed E-state index contributed by atoms with van der Waals surface area (Å²) in [6.07, 6.45) is 3.19.